The maximum atomic E-state index is 11.5. The average molecular weight is 560 g/mol. The SMILES string of the molecule is CCNC(=NCc1cccc(CN2CCCC(C(N)=O)C2)c1)N1CCSC(C)(C)C1.I. The van der Waals surface area contributed by atoms with Crippen LogP contribution in [-0.4, -0.2) is 64.9 Å². The highest BCUT2D eigenvalue weighted by Crippen LogP contribution is 2.29. The fourth-order valence-corrected chi connectivity index (χ4v) is 5.42. The predicted molar refractivity (Wildman–Crippen MR) is 142 cm³/mol. The van der Waals surface area contributed by atoms with Gasteiger partial charge in [-0.1, -0.05) is 24.3 Å². The van der Waals surface area contributed by atoms with Gasteiger partial charge in [0.25, 0.3) is 0 Å². The number of nitrogens with two attached hydrogens (primary N) is 1. The molecule has 2 aliphatic rings. The second-order valence-corrected chi connectivity index (χ2v) is 10.8. The molecule has 2 saturated heterocycles. The van der Waals surface area contributed by atoms with Gasteiger partial charge in [-0.15, -0.1) is 24.0 Å². The van der Waals surface area contributed by atoms with Crippen LogP contribution in [0.15, 0.2) is 29.3 Å². The van der Waals surface area contributed by atoms with E-state index in [1.807, 2.05) is 11.8 Å². The fourth-order valence-electron chi connectivity index (χ4n) is 4.31. The Balaban J connectivity index is 0.00000341. The van der Waals surface area contributed by atoms with E-state index >= 15 is 0 Å². The highest BCUT2D eigenvalue weighted by atomic mass is 127. The standard InChI is InChI=1S/C23H37N5OS.HI/c1-4-25-22(28-11-12-30-23(2,3)17-28)26-14-18-7-5-8-19(13-18)15-27-10-6-9-20(16-27)21(24)29;/h5,7-8,13,20H,4,6,9-12,14-17H2,1-3H3,(H2,24,29)(H,25,26);1H. The van der Waals surface area contributed by atoms with Crippen LogP contribution in [0.2, 0.25) is 0 Å². The minimum absolute atomic E-state index is 0. The molecule has 2 aliphatic heterocycles. The monoisotopic (exact) mass is 559 g/mol. The molecule has 1 amide bonds. The van der Waals surface area contributed by atoms with Gasteiger partial charge in [-0.05, 0) is 51.3 Å². The number of carbonyl (C=O) groups excluding carboxylic acids is 1. The van der Waals surface area contributed by atoms with Crippen molar-refractivity contribution in [3.63, 3.8) is 0 Å². The number of thioether (sulfide) groups is 1. The number of aliphatic imine (C=N–C) groups is 1. The van der Waals surface area contributed by atoms with E-state index in [1.165, 1.54) is 11.1 Å². The van der Waals surface area contributed by atoms with Crippen molar-refractivity contribution in [2.24, 2.45) is 16.6 Å². The molecule has 0 bridgehead atoms. The van der Waals surface area contributed by atoms with Crippen LogP contribution in [0.3, 0.4) is 0 Å². The summed E-state index contributed by atoms with van der Waals surface area (Å²) in [5.74, 6) is 1.96. The normalized spacial score (nSPS) is 22.0. The Labute approximate surface area is 208 Å². The van der Waals surface area contributed by atoms with Crippen molar-refractivity contribution < 1.29 is 4.79 Å². The first kappa shape index (κ1) is 26.3. The van der Waals surface area contributed by atoms with Gasteiger partial charge < -0.3 is 16.0 Å². The molecule has 1 atom stereocenters. The summed E-state index contributed by atoms with van der Waals surface area (Å²) in [5.41, 5.74) is 8.02. The first-order chi connectivity index (χ1) is 14.4. The smallest absolute Gasteiger partial charge is 0.221 e. The molecule has 3 N–H and O–H groups in total. The predicted octanol–water partition coefficient (Wildman–Crippen LogP) is 3.29. The molecule has 0 aromatic heterocycles. The van der Waals surface area contributed by atoms with Crippen LogP contribution in [0.4, 0.5) is 0 Å². The third-order valence-corrected chi connectivity index (χ3v) is 7.07. The Kier molecular flexibility index (Phi) is 10.4. The lowest BCUT2D eigenvalue weighted by atomic mass is 9.97. The van der Waals surface area contributed by atoms with Crippen LogP contribution in [0.25, 0.3) is 0 Å². The van der Waals surface area contributed by atoms with E-state index < -0.39 is 0 Å². The van der Waals surface area contributed by atoms with Crippen molar-refractivity contribution in [2.75, 3.05) is 38.5 Å². The van der Waals surface area contributed by atoms with Gasteiger partial charge >= 0.3 is 0 Å². The molecule has 174 valence electrons. The lowest BCUT2D eigenvalue weighted by molar-refractivity contribution is -0.123. The third-order valence-electron chi connectivity index (χ3n) is 5.78. The van der Waals surface area contributed by atoms with E-state index in [9.17, 15) is 4.79 Å². The van der Waals surface area contributed by atoms with E-state index in [0.717, 1.165) is 63.8 Å². The van der Waals surface area contributed by atoms with Crippen molar-refractivity contribution in [2.45, 2.75) is 51.4 Å². The van der Waals surface area contributed by atoms with Crippen molar-refractivity contribution in [1.82, 2.24) is 15.1 Å². The number of hydrogen-bond acceptors (Lipinski definition) is 4. The summed E-state index contributed by atoms with van der Waals surface area (Å²) < 4.78 is 0.256. The number of rotatable bonds is 6. The molecule has 0 radical (unpaired) electrons. The molecule has 2 heterocycles. The van der Waals surface area contributed by atoms with E-state index in [1.54, 1.807) is 0 Å². The maximum absolute atomic E-state index is 11.5. The topological polar surface area (TPSA) is 74.0 Å². The number of likely N-dealkylation sites (tertiary alicyclic amines) is 1. The summed E-state index contributed by atoms with van der Waals surface area (Å²) in [7, 11) is 0. The molecule has 2 fully saturated rings. The molecule has 31 heavy (non-hydrogen) atoms. The molecule has 1 aromatic rings. The van der Waals surface area contributed by atoms with Gasteiger partial charge in [0.1, 0.15) is 0 Å². The molecular weight excluding hydrogens is 521 g/mol. The van der Waals surface area contributed by atoms with Crippen molar-refractivity contribution >= 4 is 47.6 Å². The molecule has 3 rings (SSSR count). The zero-order valence-electron chi connectivity index (χ0n) is 19.1. The zero-order valence-corrected chi connectivity index (χ0v) is 22.2. The molecule has 8 heteroatoms. The van der Waals surface area contributed by atoms with Crippen LogP contribution >= 0.6 is 35.7 Å². The Hall–Kier alpha value is -1.00. The summed E-state index contributed by atoms with van der Waals surface area (Å²) >= 11 is 2.04. The largest absolute Gasteiger partial charge is 0.369 e. The molecule has 1 unspecified atom stereocenters. The Morgan fingerprint density at radius 2 is 2.10 bits per heavy atom. The molecule has 1 aromatic carbocycles. The lowest BCUT2D eigenvalue weighted by Gasteiger charge is -2.39. The quantitative estimate of drug-likeness (QED) is 0.318. The van der Waals surface area contributed by atoms with Gasteiger partial charge in [-0.3, -0.25) is 9.69 Å². The summed E-state index contributed by atoms with van der Waals surface area (Å²) in [4.78, 5) is 21.2. The minimum Gasteiger partial charge on any atom is -0.369 e. The minimum atomic E-state index is -0.168. The third kappa shape index (κ3) is 8.13. The molecule has 0 spiro atoms. The number of primary amides is 1. The van der Waals surface area contributed by atoms with Gasteiger partial charge in [-0.2, -0.15) is 11.8 Å². The van der Waals surface area contributed by atoms with E-state index in [-0.39, 0.29) is 40.5 Å². The number of hydrogen-bond donors (Lipinski definition) is 2. The van der Waals surface area contributed by atoms with Gasteiger partial charge in [0.15, 0.2) is 5.96 Å². The van der Waals surface area contributed by atoms with Crippen molar-refractivity contribution in [3.05, 3.63) is 35.4 Å². The second-order valence-electron chi connectivity index (χ2n) is 9.00. The Bertz CT molecular complexity index is 757. The van der Waals surface area contributed by atoms with Crippen molar-refractivity contribution in [3.8, 4) is 0 Å². The number of halogens is 1. The molecule has 0 aliphatic carbocycles. The zero-order chi connectivity index (χ0) is 21.6. The van der Waals surface area contributed by atoms with Crippen molar-refractivity contribution in [1.29, 1.82) is 0 Å². The fraction of sp³-hybridized carbons (Fsp3) is 0.652. The number of piperidine rings is 1. The van der Waals surface area contributed by atoms with E-state index in [4.69, 9.17) is 10.7 Å². The summed E-state index contributed by atoms with van der Waals surface area (Å²) in [6.07, 6.45) is 1.95. The van der Waals surface area contributed by atoms with Gasteiger partial charge in [0.2, 0.25) is 5.91 Å². The Morgan fingerprint density at radius 3 is 2.81 bits per heavy atom. The number of carbonyl (C=O) groups is 1. The summed E-state index contributed by atoms with van der Waals surface area (Å²) in [6, 6.07) is 8.67. The average Bonchev–Trinajstić information content (AvgIpc) is 2.71. The highest BCUT2D eigenvalue weighted by molar-refractivity contribution is 14.0. The summed E-state index contributed by atoms with van der Waals surface area (Å²) in [5, 5.41) is 3.47. The van der Waals surface area contributed by atoms with Gasteiger partial charge in [-0.25, -0.2) is 4.99 Å². The van der Waals surface area contributed by atoms with Crippen LogP contribution in [0.5, 0.6) is 0 Å². The maximum Gasteiger partial charge on any atom is 0.221 e. The number of benzene rings is 1. The first-order valence-corrected chi connectivity index (χ1v) is 12.1. The molecular formula is C23H38IN5OS. The second kappa shape index (κ2) is 12.3. The number of nitrogens with zero attached hydrogens (tertiary/aromatic N) is 3. The number of guanidine groups is 1. The van der Waals surface area contributed by atoms with Crippen LogP contribution < -0.4 is 11.1 Å². The first-order valence-electron chi connectivity index (χ1n) is 11.1. The van der Waals surface area contributed by atoms with Gasteiger partial charge in [0, 0.05) is 43.2 Å². The van der Waals surface area contributed by atoms with Crippen LogP contribution in [0.1, 0.15) is 44.7 Å². The van der Waals surface area contributed by atoms with Gasteiger partial charge in [0.05, 0.1) is 12.5 Å². The van der Waals surface area contributed by atoms with Crippen LogP contribution in [-0.2, 0) is 17.9 Å². The Morgan fingerprint density at radius 1 is 1.32 bits per heavy atom. The highest BCUT2D eigenvalue weighted by Gasteiger charge is 2.28. The van der Waals surface area contributed by atoms with E-state index in [2.05, 4.69) is 60.2 Å². The molecule has 6 nitrogen and oxygen atoms in total. The summed E-state index contributed by atoms with van der Waals surface area (Å²) in [6.45, 7) is 13.0. The molecule has 0 saturated carbocycles. The lowest BCUT2D eigenvalue weighted by Crippen LogP contribution is -2.50. The van der Waals surface area contributed by atoms with Crippen LogP contribution in [0, 0.1) is 5.92 Å². The number of amides is 1. The number of nitrogens with one attached hydrogen (secondary N) is 1. The van der Waals surface area contributed by atoms with E-state index in [0.29, 0.717) is 6.54 Å².